The highest BCUT2D eigenvalue weighted by atomic mass is 35.5. The van der Waals surface area contributed by atoms with Crippen LogP contribution >= 0.6 is 11.6 Å². The predicted molar refractivity (Wildman–Crippen MR) is 167 cm³/mol. The number of ether oxygens (including phenoxy) is 4. The van der Waals surface area contributed by atoms with Gasteiger partial charge in [-0.3, -0.25) is 14.3 Å². The number of nitrogens with zero attached hydrogens (tertiary/aromatic N) is 5. The molecule has 2 fully saturated rings. The van der Waals surface area contributed by atoms with Crippen molar-refractivity contribution in [2.24, 2.45) is 0 Å². The maximum atomic E-state index is 14.1. The minimum absolute atomic E-state index is 0.0416. The van der Waals surface area contributed by atoms with Crippen LogP contribution in [0.5, 0.6) is 0 Å². The van der Waals surface area contributed by atoms with Gasteiger partial charge in [0.2, 0.25) is 5.95 Å². The number of anilines is 1. The summed E-state index contributed by atoms with van der Waals surface area (Å²) in [6.07, 6.45) is 3.67. The molecule has 0 radical (unpaired) electrons. The van der Waals surface area contributed by atoms with Gasteiger partial charge in [0.1, 0.15) is 11.2 Å². The smallest absolute Gasteiger partial charge is 0.408 e. The second kappa shape index (κ2) is 12.7. The topological polar surface area (TPSA) is 152 Å². The average molecular weight is 636 g/mol. The Morgan fingerprint density at radius 3 is 2.49 bits per heavy atom. The fourth-order valence-electron chi connectivity index (χ4n) is 4.94. The molecule has 2 N–H and O–H groups in total. The summed E-state index contributed by atoms with van der Waals surface area (Å²) in [6, 6.07) is 6.84. The lowest BCUT2D eigenvalue weighted by Gasteiger charge is -2.31. The van der Waals surface area contributed by atoms with Crippen LogP contribution in [0.4, 0.5) is 10.7 Å². The second-order valence-electron chi connectivity index (χ2n) is 12.0. The first kappa shape index (κ1) is 30.8. The molecule has 3 aromatic heterocycles. The molecule has 13 nitrogen and oxygen atoms in total. The molecule has 2 aliphatic heterocycles. The highest BCUT2D eigenvalue weighted by Crippen LogP contribution is 2.32. The van der Waals surface area contributed by atoms with E-state index in [1.54, 1.807) is 57.6 Å². The fourth-order valence-corrected chi connectivity index (χ4v) is 5.23. The monoisotopic (exact) mass is 635 g/mol. The Bertz CT molecular complexity index is 1780. The molecule has 2 saturated heterocycles. The molecule has 0 unspecified atom stereocenters. The number of aromatic nitrogens is 5. The van der Waals surface area contributed by atoms with Crippen molar-refractivity contribution in [2.75, 3.05) is 31.7 Å². The molecule has 4 aromatic rings. The number of halogens is 1. The minimum atomic E-state index is -0.776. The minimum Gasteiger partial charge on any atom is -0.444 e. The number of rotatable bonds is 7. The molecule has 45 heavy (non-hydrogen) atoms. The Kier molecular flexibility index (Phi) is 8.69. The van der Waals surface area contributed by atoms with Crippen LogP contribution in [0.15, 0.2) is 47.7 Å². The van der Waals surface area contributed by atoms with Gasteiger partial charge in [-0.05, 0) is 39.8 Å². The molecular formula is C31H34ClN7O6. The van der Waals surface area contributed by atoms with Gasteiger partial charge in [0, 0.05) is 39.5 Å². The standard InChI is InChI=1S/C31H34ClN7O6/c1-17-9-33-11-25(35-17)18-5-6-22(24(32)8-18)23-7-19-10-34-29(36-20-13-42-14-20)38-27(19)39(28(23)40)12-26-43-15-21(16-44-26)37-30(41)45-31(2,3)4/h5-11,20-21,26H,12-16H2,1-4H3,(H,37,41)(H,34,36,38). The summed E-state index contributed by atoms with van der Waals surface area (Å²) >= 11 is 6.78. The van der Waals surface area contributed by atoms with E-state index in [2.05, 4.69) is 30.6 Å². The number of aryl methyl sites for hydroxylation is 1. The number of alkyl carbamates (subject to hydrolysis) is 1. The van der Waals surface area contributed by atoms with Gasteiger partial charge >= 0.3 is 6.09 Å². The van der Waals surface area contributed by atoms with Crippen molar-refractivity contribution in [2.45, 2.75) is 58.2 Å². The number of carbonyl (C=O) groups excluding carboxylic acids is 1. The van der Waals surface area contributed by atoms with Crippen molar-refractivity contribution < 1.29 is 23.7 Å². The summed E-state index contributed by atoms with van der Waals surface area (Å²) in [4.78, 5) is 44.3. The summed E-state index contributed by atoms with van der Waals surface area (Å²) < 4.78 is 23.9. The van der Waals surface area contributed by atoms with Crippen LogP contribution in [0.25, 0.3) is 33.4 Å². The Balaban J connectivity index is 1.30. The van der Waals surface area contributed by atoms with E-state index in [0.717, 1.165) is 11.3 Å². The van der Waals surface area contributed by atoms with E-state index < -0.39 is 24.0 Å². The van der Waals surface area contributed by atoms with Crippen molar-refractivity contribution in [3.05, 3.63) is 63.9 Å². The zero-order valence-electron chi connectivity index (χ0n) is 25.4. The van der Waals surface area contributed by atoms with Gasteiger partial charge in [-0.1, -0.05) is 23.7 Å². The Labute approximate surface area is 264 Å². The third-order valence-corrected chi connectivity index (χ3v) is 7.44. The maximum absolute atomic E-state index is 14.1. The van der Waals surface area contributed by atoms with E-state index in [1.165, 1.54) is 4.57 Å². The van der Waals surface area contributed by atoms with Crippen LogP contribution in [0.2, 0.25) is 5.02 Å². The Morgan fingerprint density at radius 1 is 1.04 bits per heavy atom. The van der Waals surface area contributed by atoms with E-state index >= 15 is 0 Å². The lowest BCUT2D eigenvalue weighted by molar-refractivity contribution is -0.194. The highest BCUT2D eigenvalue weighted by Gasteiger charge is 2.28. The third kappa shape index (κ3) is 7.22. The summed E-state index contributed by atoms with van der Waals surface area (Å²) in [6.45, 7) is 8.73. The first-order valence-corrected chi connectivity index (χ1v) is 15.0. The second-order valence-corrected chi connectivity index (χ2v) is 12.4. The quantitative estimate of drug-likeness (QED) is 0.304. The molecule has 0 saturated carbocycles. The van der Waals surface area contributed by atoms with Crippen LogP contribution in [-0.2, 0) is 25.5 Å². The number of pyridine rings is 1. The van der Waals surface area contributed by atoms with Gasteiger partial charge in [-0.2, -0.15) is 4.98 Å². The maximum Gasteiger partial charge on any atom is 0.408 e. The number of hydrogen-bond acceptors (Lipinski definition) is 11. The van der Waals surface area contributed by atoms with Gasteiger partial charge < -0.3 is 29.6 Å². The Morgan fingerprint density at radius 2 is 1.82 bits per heavy atom. The van der Waals surface area contributed by atoms with E-state index in [9.17, 15) is 9.59 Å². The number of amides is 1. The van der Waals surface area contributed by atoms with Gasteiger partial charge in [-0.25, -0.2) is 14.8 Å². The van der Waals surface area contributed by atoms with E-state index in [1.807, 2.05) is 13.0 Å². The van der Waals surface area contributed by atoms with Gasteiger partial charge in [-0.15, -0.1) is 0 Å². The van der Waals surface area contributed by atoms with Gasteiger partial charge in [0.05, 0.1) is 62.6 Å². The van der Waals surface area contributed by atoms with Crippen LogP contribution in [0, 0.1) is 6.92 Å². The molecular weight excluding hydrogens is 602 g/mol. The fraction of sp³-hybridized carbons (Fsp3) is 0.419. The number of carbonyl (C=O) groups is 1. The predicted octanol–water partition coefficient (Wildman–Crippen LogP) is 3.95. The molecule has 5 heterocycles. The van der Waals surface area contributed by atoms with E-state index in [0.29, 0.717) is 52.0 Å². The summed E-state index contributed by atoms with van der Waals surface area (Å²) in [5, 5.41) is 6.99. The van der Waals surface area contributed by atoms with E-state index in [-0.39, 0.29) is 31.4 Å². The van der Waals surface area contributed by atoms with Gasteiger partial charge in [0.25, 0.3) is 5.56 Å². The molecule has 6 rings (SSSR count). The largest absolute Gasteiger partial charge is 0.444 e. The van der Waals surface area contributed by atoms with Crippen LogP contribution in [0.3, 0.4) is 0 Å². The lowest BCUT2D eigenvalue weighted by atomic mass is 10.0. The first-order chi connectivity index (χ1) is 21.5. The number of nitrogens with one attached hydrogen (secondary N) is 2. The zero-order chi connectivity index (χ0) is 31.7. The zero-order valence-corrected chi connectivity index (χ0v) is 26.1. The molecule has 0 atom stereocenters. The number of fused-ring (bicyclic) bond motifs is 1. The third-order valence-electron chi connectivity index (χ3n) is 7.13. The summed E-state index contributed by atoms with van der Waals surface area (Å²) in [7, 11) is 0. The molecule has 236 valence electrons. The SMILES string of the molecule is Cc1cncc(-c2ccc(-c3cc4cnc(NC5COC5)nc4n(CC4OCC(NC(=O)OC(C)(C)C)CO4)c3=O)c(Cl)c2)n1. The molecule has 0 bridgehead atoms. The number of benzene rings is 1. The van der Waals surface area contributed by atoms with Crippen LogP contribution in [0.1, 0.15) is 26.5 Å². The molecule has 0 aliphatic carbocycles. The van der Waals surface area contributed by atoms with Crippen molar-refractivity contribution in [3.8, 4) is 22.4 Å². The molecule has 1 aromatic carbocycles. The molecule has 1 amide bonds. The van der Waals surface area contributed by atoms with Crippen LogP contribution in [-0.4, -0.2) is 81.0 Å². The highest BCUT2D eigenvalue weighted by molar-refractivity contribution is 6.33. The molecule has 14 heteroatoms. The van der Waals surface area contributed by atoms with Crippen LogP contribution < -0.4 is 16.2 Å². The average Bonchev–Trinajstić information content (AvgIpc) is 2.96. The van der Waals surface area contributed by atoms with E-state index in [4.69, 9.17) is 30.5 Å². The molecule has 2 aliphatic rings. The van der Waals surface area contributed by atoms with Crippen molar-refractivity contribution >= 4 is 34.7 Å². The lowest BCUT2D eigenvalue weighted by Crippen LogP contribution is -2.49. The number of hydrogen-bond donors (Lipinski definition) is 2. The summed E-state index contributed by atoms with van der Waals surface area (Å²) in [5.41, 5.74) is 2.59. The van der Waals surface area contributed by atoms with Crippen molar-refractivity contribution in [1.82, 2.24) is 29.8 Å². The summed E-state index contributed by atoms with van der Waals surface area (Å²) in [5.74, 6) is 0.380. The van der Waals surface area contributed by atoms with Crippen molar-refractivity contribution in [1.29, 1.82) is 0 Å². The first-order valence-electron chi connectivity index (χ1n) is 14.6. The van der Waals surface area contributed by atoms with Crippen molar-refractivity contribution in [3.63, 3.8) is 0 Å². The van der Waals surface area contributed by atoms with Gasteiger partial charge in [0.15, 0.2) is 6.29 Å². The normalized spacial score (nSPS) is 18.8. The molecule has 0 spiro atoms. The Hall–Kier alpha value is -4.17.